The van der Waals surface area contributed by atoms with Crippen molar-refractivity contribution in [1.29, 1.82) is 0 Å². The maximum atomic E-state index is 13.0. The van der Waals surface area contributed by atoms with E-state index in [0.29, 0.717) is 23.1 Å². The SMILES string of the molecule is CCCC(Br)CC(C)CC(=O)N1CC(CCN(C)C(C)=O)c2ccccc21. The van der Waals surface area contributed by atoms with Crippen LogP contribution in [0.25, 0.3) is 0 Å². The first-order valence-corrected chi connectivity index (χ1v) is 11.0. The number of para-hydroxylation sites is 1. The van der Waals surface area contributed by atoms with E-state index in [1.54, 1.807) is 11.8 Å². The number of alkyl halides is 1. The summed E-state index contributed by atoms with van der Waals surface area (Å²) in [7, 11) is 1.83. The minimum atomic E-state index is 0.0828. The van der Waals surface area contributed by atoms with Crippen molar-refractivity contribution in [2.75, 3.05) is 25.0 Å². The molecular weight excluding hydrogens is 404 g/mol. The first-order valence-electron chi connectivity index (χ1n) is 10.1. The summed E-state index contributed by atoms with van der Waals surface area (Å²) in [5.74, 6) is 0.961. The summed E-state index contributed by atoms with van der Waals surface area (Å²) in [6.07, 6.45) is 4.80. The van der Waals surface area contributed by atoms with Crippen molar-refractivity contribution in [1.82, 2.24) is 4.90 Å². The van der Waals surface area contributed by atoms with Crippen molar-refractivity contribution >= 4 is 33.4 Å². The highest BCUT2D eigenvalue weighted by Crippen LogP contribution is 2.38. The third-order valence-electron chi connectivity index (χ3n) is 5.51. The van der Waals surface area contributed by atoms with Crippen molar-refractivity contribution in [3.05, 3.63) is 29.8 Å². The minimum absolute atomic E-state index is 0.0828. The summed E-state index contributed by atoms with van der Waals surface area (Å²) >= 11 is 3.74. The van der Waals surface area contributed by atoms with Crippen molar-refractivity contribution in [2.45, 2.75) is 63.6 Å². The van der Waals surface area contributed by atoms with Crippen LogP contribution >= 0.6 is 15.9 Å². The molecular formula is C22H33BrN2O2. The highest BCUT2D eigenvalue weighted by molar-refractivity contribution is 9.09. The number of hydrogen-bond acceptors (Lipinski definition) is 2. The summed E-state index contributed by atoms with van der Waals surface area (Å²) in [4.78, 5) is 28.7. The van der Waals surface area contributed by atoms with Crippen molar-refractivity contribution < 1.29 is 9.59 Å². The second kappa shape index (κ2) is 10.3. The number of fused-ring (bicyclic) bond motifs is 1. The number of amides is 2. The van der Waals surface area contributed by atoms with Crippen LogP contribution in [0.3, 0.4) is 0 Å². The fourth-order valence-corrected chi connectivity index (χ4v) is 4.94. The molecule has 1 aliphatic heterocycles. The minimum Gasteiger partial charge on any atom is -0.346 e. The van der Waals surface area contributed by atoms with Crippen LogP contribution in [0.1, 0.15) is 64.4 Å². The number of rotatable bonds is 9. The molecule has 0 saturated heterocycles. The van der Waals surface area contributed by atoms with Gasteiger partial charge in [-0.25, -0.2) is 0 Å². The first kappa shape index (κ1) is 21.9. The van der Waals surface area contributed by atoms with Gasteiger partial charge in [-0.1, -0.05) is 54.4 Å². The molecule has 2 rings (SSSR count). The van der Waals surface area contributed by atoms with Gasteiger partial charge in [-0.05, 0) is 36.8 Å². The summed E-state index contributed by atoms with van der Waals surface area (Å²) in [5, 5.41) is 0. The van der Waals surface area contributed by atoms with E-state index in [1.807, 2.05) is 24.1 Å². The predicted molar refractivity (Wildman–Crippen MR) is 115 cm³/mol. The van der Waals surface area contributed by atoms with Gasteiger partial charge in [-0.15, -0.1) is 0 Å². The molecule has 0 saturated carbocycles. The van der Waals surface area contributed by atoms with Crippen LogP contribution in [0.5, 0.6) is 0 Å². The molecule has 0 spiro atoms. The summed E-state index contributed by atoms with van der Waals surface area (Å²) < 4.78 is 0. The molecule has 1 aliphatic rings. The predicted octanol–water partition coefficient (Wildman–Crippen LogP) is 4.97. The van der Waals surface area contributed by atoms with Gasteiger partial charge >= 0.3 is 0 Å². The number of carbonyl (C=O) groups excluding carboxylic acids is 2. The van der Waals surface area contributed by atoms with Crippen LogP contribution in [-0.2, 0) is 9.59 Å². The Morgan fingerprint density at radius 3 is 2.70 bits per heavy atom. The molecule has 4 nitrogen and oxygen atoms in total. The molecule has 2 amide bonds. The molecule has 1 heterocycles. The lowest BCUT2D eigenvalue weighted by Gasteiger charge is -2.22. The van der Waals surface area contributed by atoms with E-state index in [1.165, 1.54) is 5.56 Å². The van der Waals surface area contributed by atoms with Gasteiger partial charge in [-0.2, -0.15) is 0 Å². The van der Waals surface area contributed by atoms with E-state index in [9.17, 15) is 9.59 Å². The van der Waals surface area contributed by atoms with E-state index in [2.05, 4.69) is 41.9 Å². The average molecular weight is 437 g/mol. The number of anilines is 1. The molecule has 0 fully saturated rings. The molecule has 1 aromatic rings. The van der Waals surface area contributed by atoms with Gasteiger partial charge in [0.15, 0.2) is 0 Å². The van der Waals surface area contributed by atoms with Gasteiger partial charge in [0.1, 0.15) is 0 Å². The van der Waals surface area contributed by atoms with Crippen molar-refractivity contribution in [2.24, 2.45) is 5.92 Å². The molecule has 150 valence electrons. The molecule has 1 aromatic carbocycles. The largest absolute Gasteiger partial charge is 0.346 e. The fraction of sp³-hybridized carbons (Fsp3) is 0.636. The zero-order chi connectivity index (χ0) is 20.0. The maximum Gasteiger partial charge on any atom is 0.227 e. The van der Waals surface area contributed by atoms with Crippen LogP contribution in [0.15, 0.2) is 24.3 Å². The number of nitrogens with zero attached hydrogens (tertiary/aromatic N) is 2. The Balaban J connectivity index is 2.01. The van der Waals surface area contributed by atoms with Gasteiger partial charge in [-0.3, -0.25) is 9.59 Å². The molecule has 27 heavy (non-hydrogen) atoms. The Labute approximate surface area is 172 Å². The topological polar surface area (TPSA) is 40.6 Å². The fourth-order valence-electron chi connectivity index (χ4n) is 3.84. The highest BCUT2D eigenvalue weighted by atomic mass is 79.9. The van der Waals surface area contributed by atoms with Gasteiger partial charge < -0.3 is 9.80 Å². The van der Waals surface area contributed by atoms with Gasteiger partial charge in [0.05, 0.1) is 0 Å². The number of halogens is 1. The second-order valence-electron chi connectivity index (χ2n) is 7.92. The van der Waals surface area contributed by atoms with E-state index >= 15 is 0 Å². The quantitative estimate of drug-likeness (QED) is 0.512. The van der Waals surface area contributed by atoms with Crippen LogP contribution in [-0.4, -0.2) is 41.7 Å². The van der Waals surface area contributed by atoms with Gasteiger partial charge in [0.25, 0.3) is 0 Å². The molecule has 0 bridgehead atoms. The smallest absolute Gasteiger partial charge is 0.227 e. The number of benzene rings is 1. The van der Waals surface area contributed by atoms with E-state index < -0.39 is 0 Å². The molecule has 3 atom stereocenters. The zero-order valence-electron chi connectivity index (χ0n) is 17.1. The lowest BCUT2D eigenvalue weighted by atomic mass is 9.98. The molecule has 5 heteroatoms. The zero-order valence-corrected chi connectivity index (χ0v) is 18.7. The van der Waals surface area contributed by atoms with Crippen LogP contribution in [0, 0.1) is 5.92 Å². The van der Waals surface area contributed by atoms with Gasteiger partial charge in [0, 0.05) is 49.9 Å². The van der Waals surface area contributed by atoms with Crippen molar-refractivity contribution in [3.63, 3.8) is 0 Å². The normalized spacial score (nSPS) is 18.1. The lowest BCUT2D eigenvalue weighted by Crippen LogP contribution is -2.32. The third kappa shape index (κ3) is 6.06. The summed E-state index contributed by atoms with van der Waals surface area (Å²) in [5.41, 5.74) is 2.29. The first-order chi connectivity index (χ1) is 12.8. The molecule has 0 N–H and O–H groups in total. The molecule has 0 aliphatic carbocycles. The lowest BCUT2D eigenvalue weighted by molar-refractivity contribution is -0.127. The van der Waals surface area contributed by atoms with Crippen LogP contribution in [0.2, 0.25) is 0 Å². The average Bonchev–Trinajstić information content (AvgIpc) is 2.98. The molecule has 3 unspecified atom stereocenters. The van der Waals surface area contributed by atoms with Gasteiger partial charge in [0.2, 0.25) is 11.8 Å². The second-order valence-corrected chi connectivity index (χ2v) is 9.22. The number of carbonyl (C=O) groups is 2. The van der Waals surface area contributed by atoms with E-state index in [-0.39, 0.29) is 11.8 Å². The van der Waals surface area contributed by atoms with Crippen molar-refractivity contribution in [3.8, 4) is 0 Å². The highest BCUT2D eigenvalue weighted by Gasteiger charge is 2.32. The van der Waals surface area contributed by atoms with Crippen LogP contribution in [0.4, 0.5) is 5.69 Å². The maximum absolute atomic E-state index is 13.0. The van der Waals surface area contributed by atoms with Crippen LogP contribution < -0.4 is 4.90 Å². The third-order valence-corrected chi connectivity index (χ3v) is 6.34. The number of hydrogen-bond donors (Lipinski definition) is 0. The summed E-state index contributed by atoms with van der Waals surface area (Å²) in [6, 6.07) is 8.22. The standard InChI is InChI=1S/C22H33BrN2O2/c1-5-8-19(23)13-16(2)14-22(27)25-15-18(11-12-24(4)17(3)26)20-9-6-7-10-21(20)25/h6-7,9-10,16,18-19H,5,8,11-15H2,1-4H3. The molecule has 0 radical (unpaired) electrons. The Morgan fingerprint density at radius 2 is 2.04 bits per heavy atom. The Bertz CT molecular complexity index is 649. The Kier molecular flexibility index (Phi) is 8.33. The molecule has 0 aromatic heterocycles. The van der Waals surface area contributed by atoms with E-state index in [0.717, 1.165) is 44.5 Å². The Hall–Kier alpha value is -1.36. The monoisotopic (exact) mass is 436 g/mol. The van der Waals surface area contributed by atoms with E-state index in [4.69, 9.17) is 0 Å². The Morgan fingerprint density at radius 1 is 1.33 bits per heavy atom. The summed E-state index contributed by atoms with van der Waals surface area (Å²) in [6.45, 7) is 7.39.